The van der Waals surface area contributed by atoms with Crippen molar-refractivity contribution in [1.29, 1.82) is 0 Å². The van der Waals surface area contributed by atoms with Crippen molar-refractivity contribution in [2.75, 3.05) is 16.8 Å². The number of pyridine rings is 1. The van der Waals surface area contributed by atoms with Gasteiger partial charge in [-0.15, -0.1) is 0 Å². The average molecular weight is 465 g/mol. The fraction of sp³-hybridized carbons (Fsp3) is 0.125. The van der Waals surface area contributed by atoms with Crippen LogP contribution in [0.3, 0.4) is 0 Å². The highest BCUT2D eigenvalue weighted by Crippen LogP contribution is 2.36. The lowest BCUT2D eigenvalue weighted by Gasteiger charge is -2.23. The molecular formula is C24H18F3N5O2. The van der Waals surface area contributed by atoms with Crippen LogP contribution in [-0.4, -0.2) is 27.3 Å². The number of benzene rings is 2. The second-order valence-corrected chi connectivity index (χ2v) is 7.69. The lowest BCUT2D eigenvalue weighted by molar-refractivity contribution is -0.136. The van der Waals surface area contributed by atoms with Gasteiger partial charge in [0.1, 0.15) is 5.82 Å². The third-order valence-electron chi connectivity index (χ3n) is 5.62. The van der Waals surface area contributed by atoms with Gasteiger partial charge in [-0.2, -0.15) is 13.2 Å². The minimum Gasteiger partial charge on any atom is -0.307 e. The number of halogens is 3. The van der Waals surface area contributed by atoms with E-state index < -0.39 is 17.8 Å². The van der Waals surface area contributed by atoms with Crippen LogP contribution in [0.25, 0.3) is 16.9 Å². The molecular weight excluding hydrogens is 447 g/mol. The van der Waals surface area contributed by atoms with Gasteiger partial charge in [-0.1, -0.05) is 30.3 Å². The van der Waals surface area contributed by atoms with Gasteiger partial charge in [-0.05, 0) is 42.8 Å². The summed E-state index contributed by atoms with van der Waals surface area (Å²) < 4.78 is 41.6. The van der Waals surface area contributed by atoms with E-state index in [1.807, 2.05) is 18.2 Å². The summed E-state index contributed by atoms with van der Waals surface area (Å²) >= 11 is 0. The zero-order valence-corrected chi connectivity index (χ0v) is 17.6. The Labute approximate surface area is 191 Å². The highest BCUT2D eigenvalue weighted by Gasteiger charge is 2.35. The van der Waals surface area contributed by atoms with E-state index in [1.54, 1.807) is 24.3 Å². The van der Waals surface area contributed by atoms with Crippen LogP contribution < -0.4 is 15.8 Å². The molecule has 0 saturated carbocycles. The number of aromatic amines is 1. The highest BCUT2D eigenvalue weighted by molar-refractivity contribution is 6.04. The first-order chi connectivity index (χ1) is 16.3. The van der Waals surface area contributed by atoms with Crippen LogP contribution in [0.2, 0.25) is 0 Å². The Hall–Kier alpha value is -4.34. The predicted molar refractivity (Wildman–Crippen MR) is 121 cm³/mol. The predicted octanol–water partition coefficient (Wildman–Crippen LogP) is 4.84. The van der Waals surface area contributed by atoms with Crippen LogP contribution >= 0.6 is 0 Å². The van der Waals surface area contributed by atoms with Gasteiger partial charge in [0.15, 0.2) is 0 Å². The third kappa shape index (κ3) is 3.72. The molecule has 2 aromatic heterocycles. The van der Waals surface area contributed by atoms with Crippen molar-refractivity contribution < 1.29 is 18.0 Å². The number of nitrogens with one attached hydrogen (secondary N) is 2. The maximum Gasteiger partial charge on any atom is 0.418 e. The summed E-state index contributed by atoms with van der Waals surface area (Å²) in [6.07, 6.45) is -2.95. The molecule has 0 spiro atoms. The standard InChI is InChI=1S/C24H18F3N5O2/c25-24(26,27)18-10-4-5-11-19(18)29-23(34)31-14-12-17-20(16-9-6-13-28-21(16)31)30-32(22(17)33)15-7-2-1-3-8-15/h1-11,13,30H,12,14H2,(H,29,34). The molecule has 4 aromatic rings. The first-order valence-corrected chi connectivity index (χ1v) is 10.4. The number of carbonyl (C=O) groups excluding carboxylic acids is 1. The third-order valence-corrected chi connectivity index (χ3v) is 5.62. The lowest BCUT2D eigenvalue weighted by atomic mass is 10.1. The number of para-hydroxylation sites is 2. The van der Waals surface area contributed by atoms with Crippen molar-refractivity contribution in [3.63, 3.8) is 0 Å². The Bertz CT molecular complexity index is 1430. The molecule has 172 valence electrons. The minimum atomic E-state index is -4.63. The summed E-state index contributed by atoms with van der Waals surface area (Å²) in [6, 6.07) is 16.4. The number of hydrogen-bond acceptors (Lipinski definition) is 3. The van der Waals surface area contributed by atoms with Gasteiger partial charge in [0.2, 0.25) is 0 Å². The lowest BCUT2D eigenvalue weighted by Crippen LogP contribution is -2.37. The Morgan fingerprint density at radius 2 is 1.74 bits per heavy atom. The molecule has 0 aliphatic carbocycles. The molecule has 2 aromatic carbocycles. The number of aromatic nitrogens is 3. The Balaban J connectivity index is 1.54. The van der Waals surface area contributed by atoms with E-state index in [0.29, 0.717) is 22.5 Å². The average Bonchev–Trinajstić information content (AvgIpc) is 3.06. The molecule has 5 rings (SSSR count). The molecule has 0 saturated heterocycles. The summed E-state index contributed by atoms with van der Waals surface area (Å²) in [5.74, 6) is 0.240. The first kappa shape index (κ1) is 21.5. The van der Waals surface area contributed by atoms with Crippen LogP contribution in [-0.2, 0) is 12.6 Å². The molecule has 0 atom stereocenters. The first-order valence-electron chi connectivity index (χ1n) is 10.4. The monoisotopic (exact) mass is 465 g/mol. The number of nitrogens with zero attached hydrogens (tertiary/aromatic N) is 3. The molecule has 0 fully saturated rings. The van der Waals surface area contributed by atoms with E-state index in [1.165, 1.54) is 34.0 Å². The van der Waals surface area contributed by atoms with Crippen LogP contribution in [0.5, 0.6) is 0 Å². The molecule has 0 radical (unpaired) electrons. The highest BCUT2D eigenvalue weighted by atomic mass is 19.4. The van der Waals surface area contributed by atoms with Crippen molar-refractivity contribution in [2.45, 2.75) is 12.6 Å². The summed E-state index contributed by atoms with van der Waals surface area (Å²) in [6.45, 7) is 0.0545. The van der Waals surface area contributed by atoms with Crippen molar-refractivity contribution in [3.05, 3.63) is 94.4 Å². The maximum atomic E-state index is 13.4. The van der Waals surface area contributed by atoms with Gasteiger partial charge in [-0.25, -0.2) is 14.5 Å². The Kier molecular flexibility index (Phi) is 5.20. The smallest absolute Gasteiger partial charge is 0.307 e. The van der Waals surface area contributed by atoms with Crippen molar-refractivity contribution >= 4 is 17.5 Å². The van der Waals surface area contributed by atoms with E-state index in [4.69, 9.17) is 0 Å². The van der Waals surface area contributed by atoms with Crippen molar-refractivity contribution in [3.8, 4) is 16.9 Å². The van der Waals surface area contributed by atoms with Crippen LogP contribution in [0.4, 0.5) is 29.5 Å². The molecule has 0 bridgehead atoms. The number of anilines is 2. The summed E-state index contributed by atoms with van der Waals surface area (Å²) in [5.41, 5.74) is 0.570. The second-order valence-electron chi connectivity index (χ2n) is 7.69. The molecule has 34 heavy (non-hydrogen) atoms. The van der Waals surface area contributed by atoms with Crippen LogP contribution in [0.1, 0.15) is 11.1 Å². The number of amides is 2. The van der Waals surface area contributed by atoms with E-state index in [2.05, 4.69) is 15.4 Å². The fourth-order valence-electron chi connectivity index (χ4n) is 4.04. The van der Waals surface area contributed by atoms with E-state index in [0.717, 1.165) is 6.07 Å². The van der Waals surface area contributed by atoms with Gasteiger partial charge in [-0.3, -0.25) is 14.8 Å². The quantitative estimate of drug-likeness (QED) is 0.444. The zero-order valence-electron chi connectivity index (χ0n) is 17.6. The van der Waals surface area contributed by atoms with Crippen LogP contribution in [0, 0.1) is 0 Å². The molecule has 2 N–H and O–H groups in total. The van der Waals surface area contributed by atoms with Gasteiger partial charge >= 0.3 is 12.2 Å². The summed E-state index contributed by atoms with van der Waals surface area (Å²) in [5, 5.41) is 5.47. The van der Waals surface area contributed by atoms with E-state index in [9.17, 15) is 22.8 Å². The SMILES string of the molecule is O=C(Nc1ccccc1C(F)(F)F)N1CCc2c([nH]n(-c3ccccc3)c2=O)-c2cccnc21. The number of hydrogen-bond donors (Lipinski definition) is 2. The topological polar surface area (TPSA) is 83.0 Å². The number of fused-ring (bicyclic) bond motifs is 3. The van der Waals surface area contributed by atoms with Gasteiger partial charge in [0.05, 0.1) is 22.6 Å². The molecule has 2 amide bonds. The minimum absolute atomic E-state index is 0.0545. The van der Waals surface area contributed by atoms with Gasteiger partial charge in [0.25, 0.3) is 5.56 Å². The number of urea groups is 1. The normalized spacial score (nSPS) is 13.1. The Morgan fingerprint density at radius 3 is 2.50 bits per heavy atom. The zero-order chi connectivity index (χ0) is 23.9. The number of alkyl halides is 3. The molecule has 1 aliphatic rings. The van der Waals surface area contributed by atoms with Gasteiger partial charge < -0.3 is 5.32 Å². The summed E-state index contributed by atoms with van der Waals surface area (Å²) in [7, 11) is 0. The summed E-state index contributed by atoms with van der Waals surface area (Å²) in [4.78, 5) is 31.9. The molecule has 10 heteroatoms. The van der Waals surface area contributed by atoms with E-state index >= 15 is 0 Å². The molecule has 1 aliphatic heterocycles. The van der Waals surface area contributed by atoms with E-state index in [-0.39, 0.29) is 30.0 Å². The molecule has 3 heterocycles. The molecule has 0 unspecified atom stereocenters. The number of carbonyl (C=O) groups is 1. The van der Waals surface area contributed by atoms with Crippen molar-refractivity contribution in [2.24, 2.45) is 0 Å². The van der Waals surface area contributed by atoms with Gasteiger partial charge in [0, 0.05) is 23.9 Å². The number of H-pyrrole nitrogens is 1. The molecule has 7 nitrogen and oxygen atoms in total. The van der Waals surface area contributed by atoms with Crippen LogP contribution in [0.15, 0.2) is 77.7 Å². The fourth-order valence-corrected chi connectivity index (χ4v) is 4.04. The largest absolute Gasteiger partial charge is 0.418 e. The van der Waals surface area contributed by atoms with Crippen molar-refractivity contribution in [1.82, 2.24) is 14.8 Å². The Morgan fingerprint density at radius 1 is 1.00 bits per heavy atom. The number of rotatable bonds is 2. The maximum absolute atomic E-state index is 13.4. The second kappa shape index (κ2) is 8.22.